The van der Waals surface area contributed by atoms with Gasteiger partial charge in [0, 0.05) is 0 Å². The van der Waals surface area contributed by atoms with Gasteiger partial charge < -0.3 is 0 Å². The van der Waals surface area contributed by atoms with Gasteiger partial charge in [0.25, 0.3) is 0 Å². The third-order valence-corrected chi connectivity index (χ3v) is 6.75. The molecule has 24 heavy (non-hydrogen) atoms. The number of primary amides is 1. The first-order chi connectivity index (χ1) is 11.5. The summed E-state index contributed by atoms with van der Waals surface area (Å²) < 4.78 is 1.81. The molecule has 0 saturated carbocycles. The van der Waals surface area contributed by atoms with Crippen LogP contribution < -0.4 is 32.3 Å². The zero-order valence-corrected chi connectivity index (χ0v) is 16.0. The summed E-state index contributed by atoms with van der Waals surface area (Å²) in [5, 5.41) is 3.50. The van der Waals surface area contributed by atoms with Crippen LogP contribution in [0.4, 0.5) is 5.69 Å². The summed E-state index contributed by atoms with van der Waals surface area (Å²) in [4.78, 5) is 24.0. The van der Waals surface area contributed by atoms with Crippen LogP contribution >= 0.6 is 11.6 Å². The molecule has 6 heteroatoms. The molecule has 1 fully saturated rings. The maximum absolute atomic E-state index is 12.6. The molecule has 126 valence electrons. The van der Waals surface area contributed by atoms with Gasteiger partial charge in [-0.05, 0) is 0 Å². The average molecular weight is 456 g/mol. The summed E-state index contributed by atoms with van der Waals surface area (Å²) in [6, 6.07) is 12.7. The first-order valence-electron chi connectivity index (χ1n) is 7.54. The fourth-order valence-corrected chi connectivity index (χ4v) is 4.40. The number of anilines is 1. The molecule has 0 aromatic heterocycles. The van der Waals surface area contributed by atoms with Gasteiger partial charge in [-0.3, -0.25) is 0 Å². The van der Waals surface area contributed by atoms with E-state index < -0.39 is 11.8 Å². The van der Waals surface area contributed by atoms with Crippen molar-refractivity contribution in [2.24, 2.45) is 5.73 Å². The first-order valence-corrected chi connectivity index (χ1v) is 10.7. The first kappa shape index (κ1) is 17.2. The van der Waals surface area contributed by atoms with Crippen molar-refractivity contribution in [3.63, 3.8) is 0 Å². The van der Waals surface area contributed by atoms with Crippen molar-refractivity contribution in [3.05, 3.63) is 64.2 Å². The average Bonchev–Trinajstić information content (AvgIpc) is 3.40. The van der Waals surface area contributed by atoms with Crippen LogP contribution in [0.15, 0.2) is 42.5 Å². The van der Waals surface area contributed by atoms with Gasteiger partial charge >= 0.3 is 156 Å². The molecule has 0 radical (unpaired) electrons. The van der Waals surface area contributed by atoms with Crippen LogP contribution in [0.3, 0.4) is 0 Å². The number of benzene rings is 2. The Kier molecular flexibility index (Phi) is 5.10. The molecule has 2 unspecified atom stereocenters. The summed E-state index contributed by atoms with van der Waals surface area (Å²) in [6.07, 6.45) is 0. The molecule has 2 amide bonds. The van der Waals surface area contributed by atoms with Crippen molar-refractivity contribution >= 4 is 29.1 Å². The second kappa shape index (κ2) is 7.11. The summed E-state index contributed by atoms with van der Waals surface area (Å²) >= 11 is 6.49. The van der Waals surface area contributed by atoms with E-state index in [-0.39, 0.29) is 27.1 Å². The molecular formula is C18H17ClIN2O2-. The Morgan fingerprint density at radius 3 is 2.67 bits per heavy atom. The van der Waals surface area contributed by atoms with Crippen molar-refractivity contribution in [1.82, 2.24) is 0 Å². The van der Waals surface area contributed by atoms with E-state index >= 15 is 0 Å². The molecule has 1 aliphatic rings. The zero-order valence-electron chi connectivity index (χ0n) is 13.1. The van der Waals surface area contributed by atoms with Gasteiger partial charge in [0.05, 0.1) is 0 Å². The monoisotopic (exact) mass is 455 g/mol. The van der Waals surface area contributed by atoms with Crippen LogP contribution in [-0.4, -0.2) is 16.2 Å². The Balaban J connectivity index is 1.86. The van der Waals surface area contributed by atoms with Gasteiger partial charge in [-0.2, -0.15) is 0 Å². The van der Waals surface area contributed by atoms with Gasteiger partial charge in [-0.1, -0.05) is 0 Å². The number of hydrogen-bond donors (Lipinski definition) is 2. The third kappa shape index (κ3) is 3.72. The predicted octanol–water partition coefficient (Wildman–Crippen LogP) is 0.325. The number of alkyl halides is 2. The molecule has 4 nitrogen and oxygen atoms in total. The van der Waals surface area contributed by atoms with Gasteiger partial charge in [-0.15, -0.1) is 0 Å². The third-order valence-electron chi connectivity index (χ3n) is 4.01. The summed E-state index contributed by atoms with van der Waals surface area (Å²) in [5.74, 6) is -1.09. The Labute approximate surface area is 156 Å². The Morgan fingerprint density at radius 2 is 2.00 bits per heavy atom. The van der Waals surface area contributed by atoms with E-state index in [2.05, 4.69) is 5.32 Å². The van der Waals surface area contributed by atoms with E-state index in [4.69, 9.17) is 17.3 Å². The Hall–Kier alpha value is -1.60. The number of nitrogens with one attached hydrogen (secondary N) is 1. The van der Waals surface area contributed by atoms with Crippen molar-refractivity contribution in [1.29, 1.82) is 0 Å². The molecule has 1 heterocycles. The van der Waals surface area contributed by atoms with Crippen LogP contribution in [0, 0.1) is 0 Å². The molecular weight excluding hydrogens is 439 g/mol. The predicted molar refractivity (Wildman–Crippen MR) is 91.1 cm³/mol. The van der Waals surface area contributed by atoms with E-state index in [1.807, 2.05) is 12.1 Å². The molecule has 2 aromatic carbocycles. The van der Waals surface area contributed by atoms with Crippen LogP contribution in [0.5, 0.6) is 0 Å². The van der Waals surface area contributed by atoms with Crippen LogP contribution in [0.2, 0.25) is 5.02 Å². The number of carbonyl (C=O) groups is 2. The molecule has 3 rings (SSSR count). The van der Waals surface area contributed by atoms with Gasteiger partial charge in [0.15, 0.2) is 0 Å². The standard InChI is InChI=1S/C18H17ClIN2O2/c1-10(17(21)23)11-4-2-5-12(8-11)18(24)22-16-13(15-9-20-15)6-3-7-14(16)19/h2-8,10,15H,9H2,1H3,(H2,21,23)(H,22,24)/q-1. The van der Waals surface area contributed by atoms with E-state index in [0.29, 0.717) is 20.2 Å². The van der Waals surface area contributed by atoms with Crippen LogP contribution in [0.1, 0.15) is 38.3 Å². The van der Waals surface area contributed by atoms with Crippen molar-refractivity contribution in [3.8, 4) is 0 Å². The number of nitrogens with two attached hydrogens (primary N) is 1. The van der Waals surface area contributed by atoms with Crippen LogP contribution in [-0.2, 0) is 4.79 Å². The maximum atomic E-state index is 12.6. The fraction of sp³-hybridized carbons (Fsp3) is 0.222. The number of halogens is 2. The number of amides is 2. The summed E-state index contributed by atoms with van der Waals surface area (Å²) in [5.41, 5.74) is 8.39. The molecule has 0 aliphatic carbocycles. The summed E-state index contributed by atoms with van der Waals surface area (Å²) in [7, 11) is 0. The van der Waals surface area contributed by atoms with Gasteiger partial charge in [0.2, 0.25) is 0 Å². The van der Waals surface area contributed by atoms with E-state index in [0.717, 1.165) is 11.1 Å². The van der Waals surface area contributed by atoms with Crippen molar-refractivity contribution in [2.45, 2.75) is 16.8 Å². The Bertz CT molecular complexity index is 805. The van der Waals surface area contributed by atoms with Gasteiger partial charge in [-0.25, -0.2) is 0 Å². The number of para-hydroxylation sites is 1. The second-order valence-corrected chi connectivity index (χ2v) is 9.36. The van der Waals surface area contributed by atoms with E-state index in [9.17, 15) is 9.59 Å². The quantitative estimate of drug-likeness (QED) is 0.504. The number of carbonyl (C=O) groups excluding carboxylic acids is 2. The molecule has 0 bridgehead atoms. The fourth-order valence-electron chi connectivity index (χ4n) is 2.44. The molecule has 3 N–H and O–H groups in total. The van der Waals surface area contributed by atoms with Crippen LogP contribution in [0.25, 0.3) is 0 Å². The minimum atomic E-state index is -0.440. The summed E-state index contributed by atoms with van der Waals surface area (Å²) in [6.45, 7) is 1.72. The molecule has 2 atom stereocenters. The van der Waals surface area contributed by atoms with Gasteiger partial charge in [0.1, 0.15) is 0 Å². The number of hydrogen-bond acceptors (Lipinski definition) is 2. The van der Waals surface area contributed by atoms with Crippen molar-refractivity contribution in [2.75, 3.05) is 9.74 Å². The van der Waals surface area contributed by atoms with Crippen molar-refractivity contribution < 1.29 is 30.8 Å². The second-order valence-electron chi connectivity index (χ2n) is 5.68. The number of rotatable bonds is 5. The molecule has 1 aliphatic heterocycles. The topological polar surface area (TPSA) is 72.2 Å². The van der Waals surface area contributed by atoms with E-state index in [1.54, 1.807) is 37.3 Å². The molecule has 1 saturated heterocycles. The molecule has 2 aromatic rings. The normalized spacial score (nSPS) is 17.5. The molecule has 0 spiro atoms. The zero-order chi connectivity index (χ0) is 17.3. The Morgan fingerprint density at radius 1 is 1.29 bits per heavy atom. The van der Waals surface area contributed by atoms with E-state index in [1.165, 1.54) is 4.43 Å². The SMILES string of the molecule is CC(C(N)=O)c1cccc(C(=O)Nc2c(Cl)cccc2C2C[I-]2)c1. The minimum absolute atomic E-state index is 0.202.